The Kier molecular flexibility index (Phi) is 4.52. The smallest absolute Gasteiger partial charge is 0.410 e. The molecule has 2 bridgehead atoms. The summed E-state index contributed by atoms with van der Waals surface area (Å²) in [4.78, 5) is 18.7. The van der Waals surface area contributed by atoms with Crippen LogP contribution < -0.4 is 4.74 Å². The maximum absolute atomic E-state index is 12.5. The van der Waals surface area contributed by atoms with E-state index >= 15 is 0 Å². The molecule has 3 rings (SSSR count). The highest BCUT2D eigenvalue weighted by atomic mass is 16.6. The molecule has 1 aromatic heterocycles. The van der Waals surface area contributed by atoms with Crippen molar-refractivity contribution in [1.82, 2.24) is 9.88 Å². The van der Waals surface area contributed by atoms with Gasteiger partial charge in [-0.15, -0.1) is 0 Å². The summed E-state index contributed by atoms with van der Waals surface area (Å²) < 4.78 is 11.6. The Morgan fingerprint density at radius 3 is 2.58 bits per heavy atom. The minimum atomic E-state index is -0.459. The predicted molar refractivity (Wildman–Crippen MR) is 92.9 cm³/mol. The Morgan fingerprint density at radius 2 is 2.00 bits per heavy atom. The fraction of sp³-hybridized carbons (Fsp3) is 0.579. The Labute approximate surface area is 143 Å². The second kappa shape index (κ2) is 6.46. The Morgan fingerprint density at radius 1 is 1.33 bits per heavy atom. The lowest BCUT2D eigenvalue weighted by Crippen LogP contribution is -2.50. The number of hydrogen-bond donors (Lipinski definition) is 0. The molecule has 2 fully saturated rings. The van der Waals surface area contributed by atoms with Gasteiger partial charge in [0.2, 0.25) is 5.88 Å². The van der Waals surface area contributed by atoms with Gasteiger partial charge in [0, 0.05) is 37.2 Å². The zero-order valence-corrected chi connectivity index (χ0v) is 14.7. The van der Waals surface area contributed by atoms with E-state index in [2.05, 4.69) is 11.6 Å². The van der Waals surface area contributed by atoms with Gasteiger partial charge in [-0.2, -0.15) is 0 Å². The largest absolute Gasteiger partial charge is 0.474 e. The lowest BCUT2D eigenvalue weighted by atomic mass is 10.0. The molecule has 0 saturated carbocycles. The SMILES string of the molecule is C=Cc1ccnc(O[C@H]2C[C@H]3CC[C@@H](C2)N3C(=O)OC(C)(C)C)c1. The maximum Gasteiger partial charge on any atom is 0.410 e. The molecule has 2 aliphatic rings. The first-order chi connectivity index (χ1) is 11.4. The van der Waals surface area contributed by atoms with Crippen LogP contribution in [-0.4, -0.2) is 39.8 Å². The van der Waals surface area contributed by atoms with E-state index in [0.29, 0.717) is 5.88 Å². The number of aromatic nitrogens is 1. The van der Waals surface area contributed by atoms with E-state index in [1.54, 1.807) is 12.3 Å². The van der Waals surface area contributed by atoms with Crippen LogP contribution in [0.25, 0.3) is 6.08 Å². The van der Waals surface area contributed by atoms with Gasteiger partial charge in [0.15, 0.2) is 0 Å². The number of rotatable bonds is 3. The summed E-state index contributed by atoms with van der Waals surface area (Å²) in [5.74, 6) is 0.627. The van der Waals surface area contributed by atoms with Crippen molar-refractivity contribution in [3.8, 4) is 5.88 Å². The fourth-order valence-corrected chi connectivity index (χ4v) is 3.62. The summed E-state index contributed by atoms with van der Waals surface area (Å²) >= 11 is 0. The quantitative estimate of drug-likeness (QED) is 0.839. The number of hydrogen-bond acceptors (Lipinski definition) is 4. The third kappa shape index (κ3) is 3.71. The maximum atomic E-state index is 12.5. The lowest BCUT2D eigenvalue weighted by molar-refractivity contribution is -0.00759. The highest BCUT2D eigenvalue weighted by Crippen LogP contribution is 2.38. The summed E-state index contributed by atoms with van der Waals surface area (Å²) in [6, 6.07) is 4.20. The molecular formula is C19H26N2O3. The molecule has 2 saturated heterocycles. The number of amides is 1. The molecule has 0 unspecified atom stereocenters. The predicted octanol–water partition coefficient (Wildman–Crippen LogP) is 4.03. The Bertz CT molecular complexity index is 609. The average Bonchev–Trinajstić information content (AvgIpc) is 2.77. The number of ether oxygens (including phenoxy) is 2. The van der Waals surface area contributed by atoms with Crippen molar-refractivity contribution in [3.05, 3.63) is 30.5 Å². The number of carbonyl (C=O) groups excluding carboxylic acids is 1. The van der Waals surface area contributed by atoms with Gasteiger partial charge < -0.3 is 14.4 Å². The molecule has 2 aliphatic heterocycles. The standard InChI is InChI=1S/C19H26N2O3/c1-5-13-8-9-20-17(10-13)23-16-11-14-6-7-15(12-16)21(14)18(22)24-19(2,3)4/h5,8-10,14-16H,1,6-7,11-12H2,2-4H3/t14-,15+,16+. The lowest BCUT2D eigenvalue weighted by Gasteiger charge is -2.39. The van der Waals surface area contributed by atoms with Crippen LogP contribution in [0, 0.1) is 0 Å². The molecule has 0 radical (unpaired) electrons. The molecular weight excluding hydrogens is 304 g/mol. The van der Waals surface area contributed by atoms with Crippen LogP contribution in [0.1, 0.15) is 52.0 Å². The van der Waals surface area contributed by atoms with Crippen molar-refractivity contribution in [2.24, 2.45) is 0 Å². The highest BCUT2D eigenvalue weighted by molar-refractivity contribution is 5.69. The molecule has 130 valence electrons. The topological polar surface area (TPSA) is 51.7 Å². The monoisotopic (exact) mass is 330 g/mol. The van der Waals surface area contributed by atoms with Crippen molar-refractivity contribution in [2.75, 3.05) is 0 Å². The van der Waals surface area contributed by atoms with Gasteiger partial charge in [0.1, 0.15) is 11.7 Å². The van der Waals surface area contributed by atoms with Crippen molar-refractivity contribution in [2.45, 2.75) is 70.2 Å². The minimum Gasteiger partial charge on any atom is -0.474 e. The van der Waals surface area contributed by atoms with Crippen molar-refractivity contribution >= 4 is 12.2 Å². The first-order valence-corrected chi connectivity index (χ1v) is 8.62. The van der Waals surface area contributed by atoms with E-state index in [0.717, 1.165) is 31.2 Å². The highest BCUT2D eigenvalue weighted by Gasteiger charge is 2.45. The number of nitrogens with zero attached hydrogens (tertiary/aromatic N) is 2. The van der Waals surface area contributed by atoms with Gasteiger partial charge in [-0.05, 0) is 45.2 Å². The summed E-state index contributed by atoms with van der Waals surface area (Å²) in [5, 5.41) is 0. The van der Waals surface area contributed by atoms with Crippen LogP contribution in [0.5, 0.6) is 5.88 Å². The van der Waals surface area contributed by atoms with Crippen LogP contribution in [0.3, 0.4) is 0 Å². The van der Waals surface area contributed by atoms with Crippen LogP contribution >= 0.6 is 0 Å². The second-order valence-electron chi connectivity index (χ2n) is 7.62. The van der Waals surface area contributed by atoms with Crippen LogP contribution in [0.15, 0.2) is 24.9 Å². The average molecular weight is 330 g/mol. The van der Waals surface area contributed by atoms with E-state index in [-0.39, 0.29) is 24.3 Å². The van der Waals surface area contributed by atoms with Crippen LogP contribution in [0.2, 0.25) is 0 Å². The van der Waals surface area contributed by atoms with Crippen molar-refractivity contribution in [3.63, 3.8) is 0 Å². The van der Waals surface area contributed by atoms with Gasteiger partial charge in [0.25, 0.3) is 0 Å². The van der Waals surface area contributed by atoms with Gasteiger partial charge in [-0.1, -0.05) is 12.7 Å². The molecule has 0 N–H and O–H groups in total. The van der Waals surface area contributed by atoms with Gasteiger partial charge in [-0.25, -0.2) is 9.78 Å². The molecule has 1 aromatic rings. The van der Waals surface area contributed by atoms with E-state index in [4.69, 9.17) is 9.47 Å². The fourth-order valence-electron chi connectivity index (χ4n) is 3.62. The number of piperidine rings is 1. The minimum absolute atomic E-state index is 0.0914. The molecule has 5 nitrogen and oxygen atoms in total. The molecule has 3 atom stereocenters. The van der Waals surface area contributed by atoms with Crippen molar-refractivity contribution < 1.29 is 14.3 Å². The van der Waals surface area contributed by atoms with E-state index in [9.17, 15) is 4.79 Å². The summed E-state index contributed by atoms with van der Waals surface area (Å²) in [6.45, 7) is 9.48. The summed E-state index contributed by atoms with van der Waals surface area (Å²) in [7, 11) is 0. The normalized spacial score (nSPS) is 26.1. The molecule has 5 heteroatoms. The first kappa shape index (κ1) is 16.8. The number of pyridine rings is 1. The third-order valence-corrected chi connectivity index (χ3v) is 4.58. The second-order valence-corrected chi connectivity index (χ2v) is 7.62. The Hall–Kier alpha value is -2.04. The van der Waals surface area contributed by atoms with E-state index in [1.807, 2.05) is 37.8 Å². The molecule has 0 spiro atoms. The van der Waals surface area contributed by atoms with Gasteiger partial charge in [0.05, 0.1) is 0 Å². The van der Waals surface area contributed by atoms with Crippen LogP contribution in [0.4, 0.5) is 4.79 Å². The summed E-state index contributed by atoms with van der Waals surface area (Å²) in [5.41, 5.74) is 0.535. The zero-order valence-electron chi connectivity index (χ0n) is 14.7. The van der Waals surface area contributed by atoms with Gasteiger partial charge >= 0.3 is 6.09 Å². The molecule has 1 amide bonds. The molecule has 3 heterocycles. The van der Waals surface area contributed by atoms with Crippen LogP contribution in [-0.2, 0) is 4.74 Å². The molecule has 24 heavy (non-hydrogen) atoms. The molecule has 0 aromatic carbocycles. The first-order valence-electron chi connectivity index (χ1n) is 8.62. The van der Waals surface area contributed by atoms with Gasteiger partial charge in [-0.3, -0.25) is 0 Å². The van der Waals surface area contributed by atoms with E-state index in [1.165, 1.54) is 0 Å². The zero-order chi connectivity index (χ0) is 17.3. The molecule has 0 aliphatic carbocycles. The summed E-state index contributed by atoms with van der Waals surface area (Å²) in [6.07, 6.45) is 7.10. The van der Waals surface area contributed by atoms with E-state index < -0.39 is 5.60 Å². The number of fused-ring (bicyclic) bond motifs is 2. The Balaban J connectivity index is 1.64. The number of carbonyl (C=O) groups is 1. The van der Waals surface area contributed by atoms with Crippen molar-refractivity contribution in [1.29, 1.82) is 0 Å². The third-order valence-electron chi connectivity index (χ3n) is 4.58.